The molecule has 1 rings (SSSR count). The molecule has 0 saturated heterocycles. The number of aromatic nitrogens is 2. The van der Waals surface area contributed by atoms with E-state index in [1.165, 1.54) is 11.1 Å². The number of aryl methyl sites for hydroxylation is 1. The lowest BCUT2D eigenvalue weighted by molar-refractivity contribution is -0.116. The van der Waals surface area contributed by atoms with Crippen molar-refractivity contribution in [3.8, 4) is 0 Å². The van der Waals surface area contributed by atoms with Gasteiger partial charge in [-0.25, -0.2) is 0 Å². The molecule has 0 aliphatic heterocycles. The highest BCUT2D eigenvalue weighted by molar-refractivity contribution is 6.02. The van der Waals surface area contributed by atoms with Crippen molar-refractivity contribution < 1.29 is 9.59 Å². The molecule has 0 aromatic carbocycles. The number of amides is 2. The molecular weight excluding hydrogens is 232 g/mol. The second-order valence-electron chi connectivity index (χ2n) is 4.22. The zero-order chi connectivity index (χ0) is 13.7. The van der Waals surface area contributed by atoms with E-state index in [0.29, 0.717) is 24.3 Å². The summed E-state index contributed by atoms with van der Waals surface area (Å²) < 4.78 is 1.59. The van der Waals surface area contributed by atoms with Gasteiger partial charge in [0.1, 0.15) is 5.69 Å². The maximum atomic E-state index is 12.1. The SMILES string of the molecule is CCCC(=O)Nc1cnn(CC)c1C(=O)N(C)C. The second kappa shape index (κ2) is 6.18. The van der Waals surface area contributed by atoms with E-state index in [1.54, 1.807) is 18.8 Å². The third kappa shape index (κ3) is 3.09. The average molecular weight is 252 g/mol. The molecular formula is C12H20N4O2. The molecule has 6 heteroatoms. The van der Waals surface area contributed by atoms with Crippen LogP contribution in [0.4, 0.5) is 5.69 Å². The Morgan fingerprint density at radius 1 is 1.39 bits per heavy atom. The Bertz CT molecular complexity index is 437. The third-order valence-electron chi connectivity index (χ3n) is 2.50. The van der Waals surface area contributed by atoms with Crippen LogP contribution in [0.5, 0.6) is 0 Å². The highest BCUT2D eigenvalue weighted by Gasteiger charge is 2.20. The zero-order valence-corrected chi connectivity index (χ0v) is 11.4. The number of rotatable bonds is 5. The van der Waals surface area contributed by atoms with Crippen LogP contribution in [0.25, 0.3) is 0 Å². The van der Waals surface area contributed by atoms with Gasteiger partial charge in [0.2, 0.25) is 5.91 Å². The minimum Gasteiger partial charge on any atom is -0.343 e. The van der Waals surface area contributed by atoms with Crippen LogP contribution in [-0.4, -0.2) is 40.6 Å². The second-order valence-corrected chi connectivity index (χ2v) is 4.22. The monoisotopic (exact) mass is 252 g/mol. The number of carbonyl (C=O) groups excluding carboxylic acids is 2. The molecule has 0 aliphatic carbocycles. The number of nitrogens with one attached hydrogen (secondary N) is 1. The fourth-order valence-corrected chi connectivity index (χ4v) is 1.59. The fourth-order valence-electron chi connectivity index (χ4n) is 1.59. The van der Waals surface area contributed by atoms with Gasteiger partial charge in [-0.2, -0.15) is 5.10 Å². The summed E-state index contributed by atoms with van der Waals surface area (Å²) >= 11 is 0. The molecule has 1 N–H and O–H groups in total. The molecule has 100 valence electrons. The van der Waals surface area contributed by atoms with E-state index in [1.807, 2.05) is 13.8 Å². The van der Waals surface area contributed by atoms with Crippen molar-refractivity contribution in [1.29, 1.82) is 0 Å². The van der Waals surface area contributed by atoms with Crippen molar-refractivity contribution in [2.45, 2.75) is 33.2 Å². The van der Waals surface area contributed by atoms with E-state index in [4.69, 9.17) is 0 Å². The lowest BCUT2D eigenvalue weighted by Gasteiger charge is -2.13. The maximum Gasteiger partial charge on any atom is 0.273 e. The van der Waals surface area contributed by atoms with E-state index < -0.39 is 0 Å². The van der Waals surface area contributed by atoms with Gasteiger partial charge in [-0.1, -0.05) is 6.92 Å². The van der Waals surface area contributed by atoms with Crippen molar-refractivity contribution in [3.05, 3.63) is 11.9 Å². The van der Waals surface area contributed by atoms with Crippen LogP contribution >= 0.6 is 0 Å². The quantitative estimate of drug-likeness (QED) is 0.860. The van der Waals surface area contributed by atoms with Crippen LogP contribution in [0.2, 0.25) is 0 Å². The van der Waals surface area contributed by atoms with Gasteiger partial charge in [0.05, 0.1) is 11.9 Å². The number of carbonyl (C=O) groups is 2. The van der Waals surface area contributed by atoms with Crippen LogP contribution in [0, 0.1) is 0 Å². The summed E-state index contributed by atoms with van der Waals surface area (Å²) in [6, 6.07) is 0. The smallest absolute Gasteiger partial charge is 0.273 e. The highest BCUT2D eigenvalue weighted by atomic mass is 16.2. The van der Waals surface area contributed by atoms with Gasteiger partial charge < -0.3 is 10.2 Å². The molecule has 1 aromatic rings. The minimum absolute atomic E-state index is 0.0963. The zero-order valence-electron chi connectivity index (χ0n) is 11.4. The predicted molar refractivity (Wildman–Crippen MR) is 69.5 cm³/mol. The molecule has 6 nitrogen and oxygen atoms in total. The Morgan fingerprint density at radius 2 is 2.06 bits per heavy atom. The summed E-state index contributed by atoms with van der Waals surface area (Å²) in [5.41, 5.74) is 0.904. The van der Waals surface area contributed by atoms with Crippen LogP contribution in [-0.2, 0) is 11.3 Å². The molecule has 0 fully saturated rings. The molecule has 0 atom stereocenters. The molecule has 0 spiro atoms. The first-order valence-corrected chi connectivity index (χ1v) is 6.08. The molecule has 0 unspecified atom stereocenters. The Hall–Kier alpha value is -1.85. The molecule has 0 aliphatic rings. The number of hydrogen-bond acceptors (Lipinski definition) is 3. The van der Waals surface area contributed by atoms with Crippen molar-refractivity contribution in [2.75, 3.05) is 19.4 Å². The predicted octanol–water partition coefficient (Wildman–Crippen LogP) is 1.34. The van der Waals surface area contributed by atoms with Crippen molar-refractivity contribution in [2.24, 2.45) is 0 Å². The largest absolute Gasteiger partial charge is 0.343 e. The van der Waals surface area contributed by atoms with Crippen LogP contribution in [0.3, 0.4) is 0 Å². The van der Waals surface area contributed by atoms with E-state index in [0.717, 1.165) is 6.42 Å². The lowest BCUT2D eigenvalue weighted by Crippen LogP contribution is -2.26. The first kappa shape index (κ1) is 14.2. The van der Waals surface area contributed by atoms with Gasteiger partial charge >= 0.3 is 0 Å². The van der Waals surface area contributed by atoms with E-state index in [2.05, 4.69) is 10.4 Å². The van der Waals surface area contributed by atoms with Gasteiger partial charge in [-0.3, -0.25) is 14.3 Å². The van der Waals surface area contributed by atoms with Crippen LogP contribution in [0.15, 0.2) is 6.20 Å². The van der Waals surface area contributed by atoms with E-state index >= 15 is 0 Å². The first-order chi connectivity index (χ1) is 8.51. The summed E-state index contributed by atoms with van der Waals surface area (Å²) in [6.45, 7) is 4.41. The molecule has 2 amide bonds. The Balaban J connectivity index is 3.02. The minimum atomic E-state index is -0.166. The van der Waals surface area contributed by atoms with Crippen molar-refractivity contribution >= 4 is 17.5 Å². The van der Waals surface area contributed by atoms with Gasteiger partial charge in [-0.15, -0.1) is 0 Å². The average Bonchev–Trinajstić information content (AvgIpc) is 2.70. The maximum absolute atomic E-state index is 12.1. The van der Waals surface area contributed by atoms with Crippen molar-refractivity contribution in [1.82, 2.24) is 14.7 Å². The summed E-state index contributed by atoms with van der Waals surface area (Å²) in [5, 5.41) is 6.84. The standard InChI is InChI=1S/C12H20N4O2/c1-5-7-10(17)14-9-8-13-16(6-2)11(9)12(18)15(3)4/h8H,5-7H2,1-4H3,(H,14,17). The lowest BCUT2D eigenvalue weighted by atomic mass is 10.3. The van der Waals surface area contributed by atoms with Gasteiger partial charge in [0.25, 0.3) is 5.91 Å². The normalized spacial score (nSPS) is 10.2. The molecule has 0 saturated carbocycles. The Morgan fingerprint density at radius 3 is 2.56 bits per heavy atom. The molecule has 0 bridgehead atoms. The van der Waals surface area contributed by atoms with Gasteiger partial charge in [0, 0.05) is 27.1 Å². The van der Waals surface area contributed by atoms with Crippen LogP contribution < -0.4 is 5.32 Å². The molecule has 1 heterocycles. The fraction of sp³-hybridized carbons (Fsp3) is 0.583. The first-order valence-electron chi connectivity index (χ1n) is 6.08. The molecule has 0 radical (unpaired) electrons. The van der Waals surface area contributed by atoms with Gasteiger partial charge in [0.15, 0.2) is 0 Å². The summed E-state index contributed by atoms with van der Waals surface area (Å²) in [6.07, 6.45) is 2.73. The van der Waals surface area contributed by atoms with Gasteiger partial charge in [-0.05, 0) is 13.3 Å². The number of anilines is 1. The summed E-state index contributed by atoms with van der Waals surface area (Å²) in [4.78, 5) is 25.1. The Labute approximate surface area is 107 Å². The number of hydrogen-bond donors (Lipinski definition) is 1. The topological polar surface area (TPSA) is 67.2 Å². The number of nitrogens with zero attached hydrogens (tertiary/aromatic N) is 3. The van der Waals surface area contributed by atoms with Crippen molar-refractivity contribution in [3.63, 3.8) is 0 Å². The molecule has 1 aromatic heterocycles. The molecule has 18 heavy (non-hydrogen) atoms. The van der Waals surface area contributed by atoms with E-state index in [9.17, 15) is 9.59 Å². The summed E-state index contributed by atoms with van der Waals surface area (Å²) in [5.74, 6) is -0.262. The third-order valence-corrected chi connectivity index (χ3v) is 2.50. The Kier molecular flexibility index (Phi) is 4.88. The van der Waals surface area contributed by atoms with E-state index in [-0.39, 0.29) is 11.8 Å². The highest BCUT2D eigenvalue weighted by Crippen LogP contribution is 2.17. The van der Waals surface area contributed by atoms with Crippen LogP contribution in [0.1, 0.15) is 37.2 Å². The summed E-state index contributed by atoms with van der Waals surface area (Å²) in [7, 11) is 3.35.